The molecule has 0 bridgehead atoms. The molecule has 1 N–H and O–H groups in total. The number of hydrogen-bond donors (Lipinski definition) is 1. The molecule has 0 unspecified atom stereocenters. The topological polar surface area (TPSA) is 49.8 Å². The van der Waals surface area contributed by atoms with E-state index in [1.165, 1.54) is 18.4 Å². The number of rotatable bonds is 5. The van der Waals surface area contributed by atoms with E-state index in [1.807, 2.05) is 19.1 Å². The third-order valence-corrected chi connectivity index (χ3v) is 4.84. The molecule has 2 atom stereocenters. The summed E-state index contributed by atoms with van der Waals surface area (Å²) in [4.78, 5) is 13.7. The second-order valence-corrected chi connectivity index (χ2v) is 6.31. The maximum Gasteiger partial charge on any atom is 0.320 e. The average Bonchev–Trinajstić information content (AvgIpc) is 3.20. The molecule has 21 heavy (non-hydrogen) atoms. The summed E-state index contributed by atoms with van der Waals surface area (Å²) >= 11 is 0. The van der Waals surface area contributed by atoms with Crippen LogP contribution in [0.4, 0.5) is 0 Å². The second-order valence-electron chi connectivity index (χ2n) is 6.31. The standard InChI is InChI=1S/C17H23NO3/c1-11-9-12(3-8-16(11)21-2)10-18-14(13-4-5-13)6-7-15(18)17(19)20/h3,8-9,13-15H,4-7,10H2,1-2H3,(H,19,20)/t14-,15-/m0/s1. The highest BCUT2D eigenvalue weighted by molar-refractivity contribution is 5.74. The Hall–Kier alpha value is -1.55. The number of benzene rings is 1. The van der Waals surface area contributed by atoms with E-state index in [1.54, 1.807) is 7.11 Å². The molecule has 4 heteroatoms. The van der Waals surface area contributed by atoms with Crippen molar-refractivity contribution in [2.75, 3.05) is 7.11 Å². The Balaban J connectivity index is 1.79. The molecule has 3 rings (SSSR count). The van der Waals surface area contributed by atoms with Gasteiger partial charge in [0, 0.05) is 12.6 Å². The van der Waals surface area contributed by atoms with E-state index >= 15 is 0 Å². The Morgan fingerprint density at radius 1 is 1.33 bits per heavy atom. The summed E-state index contributed by atoms with van der Waals surface area (Å²) in [6.07, 6.45) is 4.33. The largest absolute Gasteiger partial charge is 0.496 e. The number of aryl methyl sites for hydroxylation is 1. The third-order valence-electron chi connectivity index (χ3n) is 4.84. The first-order valence-electron chi connectivity index (χ1n) is 7.72. The first-order valence-corrected chi connectivity index (χ1v) is 7.72. The molecule has 1 saturated heterocycles. The summed E-state index contributed by atoms with van der Waals surface area (Å²) in [5.41, 5.74) is 2.27. The zero-order valence-electron chi connectivity index (χ0n) is 12.7. The van der Waals surface area contributed by atoms with Crippen molar-refractivity contribution in [2.45, 2.75) is 51.2 Å². The first kappa shape index (κ1) is 14.4. The number of carboxylic acid groups (broad SMARTS) is 1. The van der Waals surface area contributed by atoms with E-state index < -0.39 is 5.97 Å². The number of carboxylic acids is 1. The highest BCUT2D eigenvalue weighted by Gasteiger charge is 2.44. The van der Waals surface area contributed by atoms with Gasteiger partial charge >= 0.3 is 5.97 Å². The summed E-state index contributed by atoms with van der Waals surface area (Å²) in [5.74, 6) is 0.922. The van der Waals surface area contributed by atoms with Crippen molar-refractivity contribution in [3.63, 3.8) is 0 Å². The zero-order valence-corrected chi connectivity index (χ0v) is 12.7. The van der Waals surface area contributed by atoms with E-state index in [0.717, 1.165) is 30.7 Å². The Morgan fingerprint density at radius 3 is 2.67 bits per heavy atom. The highest BCUT2D eigenvalue weighted by Crippen LogP contribution is 2.42. The fraction of sp³-hybridized carbons (Fsp3) is 0.588. The SMILES string of the molecule is COc1ccc(CN2[C@H](C(=O)O)CC[C@H]2C2CC2)cc1C. The van der Waals surface area contributed by atoms with Gasteiger partial charge in [-0.2, -0.15) is 0 Å². The number of aliphatic carboxylic acids is 1. The third kappa shape index (κ3) is 2.91. The van der Waals surface area contributed by atoms with Crippen molar-refractivity contribution in [2.24, 2.45) is 5.92 Å². The minimum absolute atomic E-state index is 0.321. The zero-order chi connectivity index (χ0) is 15.0. The molecule has 0 amide bonds. The van der Waals surface area contributed by atoms with Crippen LogP contribution in [0.5, 0.6) is 5.75 Å². The maximum absolute atomic E-state index is 11.5. The van der Waals surface area contributed by atoms with Gasteiger partial charge < -0.3 is 9.84 Å². The van der Waals surface area contributed by atoms with Gasteiger partial charge in [-0.05, 0) is 55.7 Å². The molecule has 114 valence electrons. The lowest BCUT2D eigenvalue weighted by Crippen LogP contribution is -2.41. The molecule has 2 fully saturated rings. The molecule has 1 aromatic carbocycles. The molecule has 1 aliphatic carbocycles. The van der Waals surface area contributed by atoms with Crippen LogP contribution in [0.25, 0.3) is 0 Å². The van der Waals surface area contributed by atoms with Gasteiger partial charge in [-0.25, -0.2) is 0 Å². The normalized spacial score (nSPS) is 26.0. The molecular weight excluding hydrogens is 266 g/mol. The molecule has 1 aliphatic heterocycles. The lowest BCUT2D eigenvalue weighted by atomic mass is 10.1. The summed E-state index contributed by atoms with van der Waals surface area (Å²) in [6.45, 7) is 2.75. The average molecular weight is 289 g/mol. The van der Waals surface area contributed by atoms with Crippen molar-refractivity contribution >= 4 is 5.97 Å². The van der Waals surface area contributed by atoms with Crippen LogP contribution in [-0.2, 0) is 11.3 Å². The van der Waals surface area contributed by atoms with Crippen molar-refractivity contribution in [3.05, 3.63) is 29.3 Å². The Bertz CT molecular complexity index is 539. The van der Waals surface area contributed by atoms with E-state index in [9.17, 15) is 9.90 Å². The van der Waals surface area contributed by atoms with Crippen molar-refractivity contribution in [1.82, 2.24) is 4.90 Å². The van der Waals surface area contributed by atoms with Crippen LogP contribution in [0.2, 0.25) is 0 Å². The highest BCUT2D eigenvalue weighted by atomic mass is 16.5. The van der Waals surface area contributed by atoms with Crippen LogP contribution in [0.15, 0.2) is 18.2 Å². The van der Waals surface area contributed by atoms with E-state index in [0.29, 0.717) is 12.0 Å². The Kier molecular flexibility index (Phi) is 3.89. The van der Waals surface area contributed by atoms with Gasteiger partial charge in [-0.15, -0.1) is 0 Å². The van der Waals surface area contributed by atoms with Crippen molar-refractivity contribution in [3.8, 4) is 5.75 Å². The number of ether oxygens (including phenoxy) is 1. The van der Waals surface area contributed by atoms with Crippen molar-refractivity contribution < 1.29 is 14.6 Å². The smallest absolute Gasteiger partial charge is 0.320 e. The number of methoxy groups -OCH3 is 1. The van der Waals surface area contributed by atoms with Crippen LogP contribution in [0, 0.1) is 12.8 Å². The van der Waals surface area contributed by atoms with Crippen LogP contribution in [0.3, 0.4) is 0 Å². The number of nitrogens with zero attached hydrogens (tertiary/aromatic N) is 1. The van der Waals surface area contributed by atoms with Gasteiger partial charge in [0.05, 0.1) is 7.11 Å². The molecule has 0 spiro atoms. The van der Waals surface area contributed by atoms with E-state index in [4.69, 9.17) is 4.74 Å². The van der Waals surface area contributed by atoms with Gasteiger partial charge in [0.2, 0.25) is 0 Å². The molecule has 1 aromatic rings. The number of carbonyl (C=O) groups is 1. The van der Waals surface area contributed by atoms with E-state index in [2.05, 4.69) is 11.0 Å². The lowest BCUT2D eigenvalue weighted by molar-refractivity contribution is -0.143. The summed E-state index contributed by atoms with van der Waals surface area (Å²) in [5, 5.41) is 9.46. The van der Waals surface area contributed by atoms with Crippen molar-refractivity contribution in [1.29, 1.82) is 0 Å². The van der Waals surface area contributed by atoms with Gasteiger partial charge in [-0.3, -0.25) is 9.69 Å². The first-order chi connectivity index (χ1) is 10.1. The van der Waals surface area contributed by atoms with E-state index in [-0.39, 0.29) is 6.04 Å². The van der Waals surface area contributed by atoms with Crippen LogP contribution in [0.1, 0.15) is 36.8 Å². The lowest BCUT2D eigenvalue weighted by Gasteiger charge is -2.28. The maximum atomic E-state index is 11.5. The molecule has 1 heterocycles. The fourth-order valence-corrected chi connectivity index (χ4v) is 3.62. The van der Waals surface area contributed by atoms with Gasteiger partial charge in [0.1, 0.15) is 11.8 Å². The molecule has 2 aliphatic rings. The molecule has 4 nitrogen and oxygen atoms in total. The van der Waals surface area contributed by atoms with Crippen LogP contribution in [-0.4, -0.2) is 35.2 Å². The molecular formula is C17H23NO3. The Labute approximate surface area is 125 Å². The molecule has 0 radical (unpaired) electrons. The summed E-state index contributed by atoms with van der Waals surface area (Å²) in [7, 11) is 1.67. The predicted octanol–water partition coefficient (Wildman–Crippen LogP) is 2.83. The van der Waals surface area contributed by atoms with Crippen LogP contribution >= 0.6 is 0 Å². The van der Waals surface area contributed by atoms with Gasteiger partial charge in [-0.1, -0.05) is 12.1 Å². The summed E-state index contributed by atoms with van der Waals surface area (Å²) < 4.78 is 5.29. The predicted molar refractivity (Wildman–Crippen MR) is 80.4 cm³/mol. The monoisotopic (exact) mass is 289 g/mol. The Morgan fingerprint density at radius 2 is 2.10 bits per heavy atom. The molecule has 1 saturated carbocycles. The number of hydrogen-bond acceptors (Lipinski definition) is 3. The minimum atomic E-state index is -0.677. The molecule has 0 aromatic heterocycles. The quantitative estimate of drug-likeness (QED) is 0.905. The fourth-order valence-electron chi connectivity index (χ4n) is 3.62. The summed E-state index contributed by atoms with van der Waals surface area (Å²) in [6, 6.07) is 6.27. The van der Waals surface area contributed by atoms with Gasteiger partial charge in [0.15, 0.2) is 0 Å². The number of likely N-dealkylation sites (tertiary alicyclic amines) is 1. The van der Waals surface area contributed by atoms with Crippen LogP contribution < -0.4 is 4.74 Å². The van der Waals surface area contributed by atoms with Gasteiger partial charge in [0.25, 0.3) is 0 Å². The minimum Gasteiger partial charge on any atom is -0.496 e. The second kappa shape index (κ2) is 5.68.